The van der Waals surface area contributed by atoms with E-state index in [0.29, 0.717) is 0 Å². The predicted octanol–water partition coefficient (Wildman–Crippen LogP) is 3.61. The van der Waals surface area contributed by atoms with Crippen LogP contribution in [0.3, 0.4) is 0 Å². The molecule has 2 N–H and O–H groups in total. The van der Waals surface area contributed by atoms with E-state index >= 15 is 0 Å². The fourth-order valence-corrected chi connectivity index (χ4v) is 3.36. The lowest BCUT2D eigenvalue weighted by molar-refractivity contribution is 0.232. The topological polar surface area (TPSA) is 39.7 Å². The van der Waals surface area contributed by atoms with E-state index in [0.717, 1.165) is 25.6 Å². The number of fused-ring (bicyclic) bond motifs is 1. The van der Waals surface area contributed by atoms with Gasteiger partial charge in [0.1, 0.15) is 0 Å². The maximum absolute atomic E-state index is 4.34. The number of likely N-dealkylation sites (tertiary alicyclic amines) is 1. The molecule has 0 aliphatic carbocycles. The summed E-state index contributed by atoms with van der Waals surface area (Å²) in [5.41, 5.74) is 1.30. The monoisotopic (exact) mass is 452 g/mol. The second kappa shape index (κ2) is 10.6. The largest absolute Gasteiger partial charge is 0.355 e. The summed E-state index contributed by atoms with van der Waals surface area (Å²) < 4.78 is 0. The lowest BCUT2D eigenvalue weighted by atomic mass is 10.0. The molecule has 0 atom stereocenters. The molecule has 1 heterocycles. The van der Waals surface area contributed by atoms with Crippen LogP contribution in [0.2, 0.25) is 0 Å². The molecule has 3 rings (SSSR count). The van der Waals surface area contributed by atoms with Gasteiger partial charge in [-0.05, 0) is 42.3 Å². The van der Waals surface area contributed by atoms with Crippen molar-refractivity contribution in [2.24, 2.45) is 4.99 Å². The molecule has 1 fully saturated rings. The SMILES string of the molecule is CN=C(NCCN1CCCCC1)NCc1cccc2ccccc12.I. The molecular weight excluding hydrogens is 423 g/mol. The molecule has 25 heavy (non-hydrogen) atoms. The van der Waals surface area contributed by atoms with Crippen molar-refractivity contribution < 1.29 is 0 Å². The van der Waals surface area contributed by atoms with Crippen molar-refractivity contribution in [3.05, 3.63) is 48.0 Å². The fraction of sp³-hybridized carbons (Fsp3) is 0.450. The van der Waals surface area contributed by atoms with E-state index < -0.39 is 0 Å². The zero-order chi connectivity index (χ0) is 16.6. The summed E-state index contributed by atoms with van der Waals surface area (Å²) in [5.74, 6) is 0.875. The van der Waals surface area contributed by atoms with Gasteiger partial charge in [-0.1, -0.05) is 48.9 Å². The number of nitrogens with one attached hydrogen (secondary N) is 2. The highest BCUT2D eigenvalue weighted by molar-refractivity contribution is 14.0. The van der Waals surface area contributed by atoms with Crippen molar-refractivity contribution in [3.8, 4) is 0 Å². The zero-order valence-electron chi connectivity index (χ0n) is 15.0. The quantitative estimate of drug-likeness (QED) is 0.414. The Labute approximate surface area is 168 Å². The lowest BCUT2D eigenvalue weighted by Gasteiger charge is -2.26. The molecule has 0 unspecified atom stereocenters. The van der Waals surface area contributed by atoms with Crippen LogP contribution in [0.15, 0.2) is 47.5 Å². The van der Waals surface area contributed by atoms with Gasteiger partial charge in [-0.25, -0.2) is 0 Å². The molecule has 1 aliphatic rings. The van der Waals surface area contributed by atoms with Gasteiger partial charge in [0.05, 0.1) is 0 Å². The summed E-state index contributed by atoms with van der Waals surface area (Å²) >= 11 is 0. The minimum atomic E-state index is 0. The van der Waals surface area contributed by atoms with E-state index in [9.17, 15) is 0 Å². The molecular formula is C20H29IN4. The molecule has 1 aliphatic heterocycles. The molecule has 0 spiro atoms. The molecule has 0 aromatic heterocycles. The van der Waals surface area contributed by atoms with Gasteiger partial charge in [-0.15, -0.1) is 24.0 Å². The first-order chi connectivity index (χ1) is 11.9. The highest BCUT2D eigenvalue weighted by Crippen LogP contribution is 2.18. The van der Waals surface area contributed by atoms with E-state index in [-0.39, 0.29) is 24.0 Å². The fourth-order valence-electron chi connectivity index (χ4n) is 3.36. The van der Waals surface area contributed by atoms with Crippen LogP contribution < -0.4 is 10.6 Å². The Kier molecular flexibility index (Phi) is 8.48. The third-order valence-corrected chi connectivity index (χ3v) is 4.72. The van der Waals surface area contributed by atoms with Crippen molar-refractivity contribution >= 4 is 40.7 Å². The first-order valence-electron chi connectivity index (χ1n) is 9.00. The first-order valence-corrected chi connectivity index (χ1v) is 9.00. The van der Waals surface area contributed by atoms with Gasteiger partial charge in [0.2, 0.25) is 0 Å². The Hall–Kier alpha value is -1.34. The number of halogens is 1. The lowest BCUT2D eigenvalue weighted by Crippen LogP contribution is -2.42. The summed E-state index contributed by atoms with van der Waals surface area (Å²) in [4.78, 5) is 6.88. The average Bonchev–Trinajstić information content (AvgIpc) is 2.65. The van der Waals surface area contributed by atoms with Crippen LogP contribution in [0.4, 0.5) is 0 Å². The summed E-state index contributed by atoms with van der Waals surface area (Å²) in [6, 6.07) is 15.0. The van der Waals surface area contributed by atoms with Gasteiger partial charge in [-0.2, -0.15) is 0 Å². The highest BCUT2D eigenvalue weighted by atomic mass is 127. The number of benzene rings is 2. The molecule has 136 valence electrons. The molecule has 5 heteroatoms. The molecule has 2 aromatic rings. The van der Waals surface area contributed by atoms with Gasteiger partial charge in [0.25, 0.3) is 0 Å². The van der Waals surface area contributed by atoms with Crippen LogP contribution in [0, 0.1) is 0 Å². The number of hydrogen-bond donors (Lipinski definition) is 2. The predicted molar refractivity (Wildman–Crippen MR) is 118 cm³/mol. The zero-order valence-corrected chi connectivity index (χ0v) is 17.3. The van der Waals surface area contributed by atoms with E-state index in [4.69, 9.17) is 0 Å². The minimum absolute atomic E-state index is 0. The third-order valence-electron chi connectivity index (χ3n) is 4.72. The summed E-state index contributed by atoms with van der Waals surface area (Å²) in [7, 11) is 1.83. The molecule has 0 saturated carbocycles. The van der Waals surface area contributed by atoms with E-state index in [1.165, 1.54) is 48.7 Å². The Morgan fingerprint density at radius 2 is 1.76 bits per heavy atom. The maximum atomic E-state index is 4.34. The number of rotatable bonds is 5. The molecule has 2 aromatic carbocycles. The van der Waals surface area contributed by atoms with Gasteiger partial charge in [0.15, 0.2) is 5.96 Å². The van der Waals surface area contributed by atoms with Crippen molar-refractivity contribution in [1.29, 1.82) is 0 Å². The van der Waals surface area contributed by atoms with Crippen LogP contribution in [-0.2, 0) is 6.54 Å². The number of guanidine groups is 1. The average molecular weight is 452 g/mol. The van der Waals surface area contributed by atoms with Crippen LogP contribution in [0.1, 0.15) is 24.8 Å². The van der Waals surface area contributed by atoms with Crippen molar-refractivity contribution in [3.63, 3.8) is 0 Å². The van der Waals surface area contributed by atoms with E-state index in [2.05, 4.69) is 63.0 Å². The standard InChI is InChI=1S/C20H28N4.HI/c1-21-20(22-12-15-24-13-5-2-6-14-24)23-16-18-10-7-9-17-8-3-4-11-19(17)18;/h3-4,7-11H,2,5-6,12-16H2,1H3,(H2,21,22,23);1H. The van der Waals surface area contributed by atoms with Gasteiger partial charge in [-0.3, -0.25) is 4.99 Å². The Balaban J connectivity index is 0.00000225. The second-order valence-electron chi connectivity index (χ2n) is 6.39. The number of hydrogen-bond acceptors (Lipinski definition) is 2. The van der Waals surface area contributed by atoms with Crippen LogP contribution >= 0.6 is 24.0 Å². The van der Waals surface area contributed by atoms with Gasteiger partial charge < -0.3 is 15.5 Å². The third kappa shape index (κ3) is 5.85. The van der Waals surface area contributed by atoms with Crippen molar-refractivity contribution in [2.75, 3.05) is 33.2 Å². The normalized spacial score (nSPS) is 15.6. The molecule has 4 nitrogen and oxygen atoms in total. The Morgan fingerprint density at radius 1 is 1.00 bits per heavy atom. The van der Waals surface area contributed by atoms with Crippen LogP contribution in [-0.4, -0.2) is 44.1 Å². The van der Waals surface area contributed by atoms with Crippen molar-refractivity contribution in [2.45, 2.75) is 25.8 Å². The Bertz CT molecular complexity index is 675. The molecule has 1 saturated heterocycles. The smallest absolute Gasteiger partial charge is 0.191 e. The van der Waals surface area contributed by atoms with Crippen LogP contribution in [0.25, 0.3) is 10.8 Å². The van der Waals surface area contributed by atoms with Gasteiger partial charge in [0, 0.05) is 26.7 Å². The van der Waals surface area contributed by atoms with Gasteiger partial charge >= 0.3 is 0 Å². The highest BCUT2D eigenvalue weighted by Gasteiger charge is 2.09. The second-order valence-corrected chi connectivity index (χ2v) is 6.39. The summed E-state index contributed by atoms with van der Waals surface area (Å²) in [5, 5.41) is 9.45. The van der Waals surface area contributed by atoms with Crippen molar-refractivity contribution in [1.82, 2.24) is 15.5 Å². The van der Waals surface area contributed by atoms with Crippen LogP contribution in [0.5, 0.6) is 0 Å². The van der Waals surface area contributed by atoms with E-state index in [1.54, 1.807) is 0 Å². The van der Waals surface area contributed by atoms with E-state index in [1.807, 2.05) is 7.05 Å². The number of piperidine rings is 1. The molecule has 0 radical (unpaired) electrons. The number of nitrogens with zero attached hydrogens (tertiary/aromatic N) is 2. The summed E-state index contributed by atoms with van der Waals surface area (Å²) in [6.45, 7) is 5.29. The maximum Gasteiger partial charge on any atom is 0.191 e. The molecule has 0 amide bonds. The molecule has 0 bridgehead atoms. The Morgan fingerprint density at radius 3 is 2.56 bits per heavy atom. The number of aliphatic imine (C=N–C) groups is 1. The minimum Gasteiger partial charge on any atom is -0.355 e. The first kappa shape index (κ1) is 20.0. The summed E-state index contributed by atoms with van der Waals surface area (Å²) in [6.07, 6.45) is 4.07.